The van der Waals surface area contributed by atoms with Crippen LogP contribution in [-0.2, 0) is 9.84 Å². The van der Waals surface area contributed by atoms with Crippen LogP contribution in [0.2, 0.25) is 0 Å². The van der Waals surface area contributed by atoms with E-state index in [9.17, 15) is 18.3 Å². The molecule has 1 saturated heterocycles. The summed E-state index contributed by atoms with van der Waals surface area (Å²) in [6, 6.07) is 10.1. The fourth-order valence-corrected chi connectivity index (χ4v) is 7.52. The molecular weight excluding hydrogens is 512 g/mol. The molecule has 0 atom stereocenters. The number of aromatic nitrogens is 1. The van der Waals surface area contributed by atoms with Crippen molar-refractivity contribution in [2.75, 3.05) is 28.6 Å². The molecule has 1 aromatic heterocycles. The molecule has 0 radical (unpaired) electrons. The number of sulfone groups is 1. The van der Waals surface area contributed by atoms with Gasteiger partial charge in [-0.1, -0.05) is 18.9 Å². The molecule has 2 aromatic rings. The standard InChI is InChI=1S/C30H42N4O4S/c1-28(2,29(3,4)36)33-25-13-12-24(26(32-25)34-18-16-30(14-15-30)17-19-34)27(35)31-21-8-7-11-23(20-21)39(37,38)22-9-5-6-10-22/h7-8,11-13,20,22,36H,5-6,9-10,14-19H2,1-4H3,(H,31,35)(H,32,33). The zero-order valence-electron chi connectivity index (χ0n) is 23.6. The fraction of sp³-hybridized carbons (Fsp3) is 0.600. The molecule has 8 nitrogen and oxygen atoms in total. The number of pyridine rings is 1. The zero-order valence-corrected chi connectivity index (χ0v) is 24.4. The van der Waals surface area contributed by atoms with Crippen molar-refractivity contribution in [3.63, 3.8) is 0 Å². The predicted molar refractivity (Wildman–Crippen MR) is 155 cm³/mol. The minimum absolute atomic E-state index is 0.254. The molecule has 3 fully saturated rings. The van der Waals surface area contributed by atoms with Crippen molar-refractivity contribution < 1.29 is 18.3 Å². The van der Waals surface area contributed by atoms with Gasteiger partial charge in [0.2, 0.25) is 0 Å². The van der Waals surface area contributed by atoms with Gasteiger partial charge in [-0.05, 0) is 102 Å². The molecule has 1 aliphatic heterocycles. The lowest BCUT2D eigenvalue weighted by Gasteiger charge is -2.39. The van der Waals surface area contributed by atoms with Gasteiger partial charge in [0, 0.05) is 18.8 Å². The first-order chi connectivity index (χ1) is 18.3. The smallest absolute Gasteiger partial charge is 0.259 e. The highest BCUT2D eigenvalue weighted by Gasteiger charge is 2.45. The second kappa shape index (κ2) is 10.1. The van der Waals surface area contributed by atoms with Crippen molar-refractivity contribution in [2.45, 2.75) is 100 Å². The Bertz CT molecular complexity index is 1330. The van der Waals surface area contributed by atoms with Crippen molar-refractivity contribution >= 4 is 33.1 Å². The van der Waals surface area contributed by atoms with Gasteiger partial charge in [-0.15, -0.1) is 0 Å². The molecule has 5 rings (SSSR count). The van der Waals surface area contributed by atoms with E-state index in [1.807, 2.05) is 13.8 Å². The van der Waals surface area contributed by atoms with Gasteiger partial charge < -0.3 is 20.6 Å². The van der Waals surface area contributed by atoms with E-state index < -0.39 is 21.0 Å². The quantitative estimate of drug-likeness (QED) is 0.401. The highest BCUT2D eigenvalue weighted by atomic mass is 32.2. The van der Waals surface area contributed by atoms with E-state index in [-0.39, 0.29) is 16.1 Å². The lowest BCUT2D eigenvalue weighted by molar-refractivity contribution is 0.0239. The van der Waals surface area contributed by atoms with Crippen molar-refractivity contribution in [3.8, 4) is 0 Å². The highest BCUT2D eigenvalue weighted by molar-refractivity contribution is 7.92. The molecule has 0 unspecified atom stereocenters. The minimum atomic E-state index is -3.43. The molecule has 0 bridgehead atoms. The summed E-state index contributed by atoms with van der Waals surface area (Å²) in [6.45, 7) is 9.01. The van der Waals surface area contributed by atoms with Gasteiger partial charge in [0.15, 0.2) is 9.84 Å². The molecule has 1 amide bonds. The third kappa shape index (κ3) is 5.80. The molecule has 3 N–H and O–H groups in total. The van der Waals surface area contributed by atoms with Crippen LogP contribution in [-0.4, -0.2) is 53.9 Å². The molecule has 1 aromatic carbocycles. The number of anilines is 3. The monoisotopic (exact) mass is 554 g/mol. The molecular formula is C30H42N4O4S. The minimum Gasteiger partial charge on any atom is -0.388 e. The first kappa shape index (κ1) is 27.9. The van der Waals surface area contributed by atoms with E-state index in [0.717, 1.165) is 38.8 Å². The average Bonchev–Trinajstić information content (AvgIpc) is 3.38. The molecule has 2 saturated carbocycles. The molecule has 3 aliphatic rings. The Kier molecular flexibility index (Phi) is 7.21. The number of carbonyl (C=O) groups excluding carboxylic acids is 1. The van der Waals surface area contributed by atoms with Crippen LogP contribution in [0.3, 0.4) is 0 Å². The van der Waals surface area contributed by atoms with Crippen LogP contribution >= 0.6 is 0 Å². The molecule has 2 aliphatic carbocycles. The largest absolute Gasteiger partial charge is 0.388 e. The Labute approximate surface area is 232 Å². The Balaban J connectivity index is 1.41. The molecule has 9 heteroatoms. The Morgan fingerprint density at radius 2 is 1.69 bits per heavy atom. The van der Waals surface area contributed by atoms with Gasteiger partial charge in [-0.25, -0.2) is 13.4 Å². The normalized spacial score (nSPS) is 19.8. The van der Waals surface area contributed by atoms with Crippen LogP contribution in [0.1, 0.15) is 89.4 Å². The lowest BCUT2D eigenvalue weighted by Crippen LogP contribution is -2.51. The van der Waals surface area contributed by atoms with Gasteiger partial charge in [0.1, 0.15) is 11.6 Å². The van der Waals surface area contributed by atoms with Crippen molar-refractivity contribution in [2.24, 2.45) is 5.41 Å². The number of rotatable bonds is 8. The third-order valence-corrected chi connectivity index (χ3v) is 11.6. The predicted octanol–water partition coefficient (Wildman–Crippen LogP) is 5.39. The average molecular weight is 555 g/mol. The molecule has 1 spiro atoms. The molecule has 212 valence electrons. The van der Waals surface area contributed by atoms with Crippen LogP contribution in [0.25, 0.3) is 0 Å². The van der Waals surface area contributed by atoms with E-state index in [4.69, 9.17) is 4.98 Å². The van der Waals surface area contributed by atoms with Crippen molar-refractivity contribution in [1.29, 1.82) is 0 Å². The molecule has 39 heavy (non-hydrogen) atoms. The second-order valence-corrected chi connectivity index (χ2v) is 15.0. The first-order valence-corrected chi connectivity index (χ1v) is 15.8. The van der Waals surface area contributed by atoms with E-state index in [2.05, 4.69) is 15.5 Å². The van der Waals surface area contributed by atoms with Crippen LogP contribution in [0.5, 0.6) is 0 Å². The maximum Gasteiger partial charge on any atom is 0.259 e. The summed E-state index contributed by atoms with van der Waals surface area (Å²) in [5, 5.41) is 16.6. The second-order valence-electron chi connectivity index (χ2n) is 12.8. The number of aliphatic hydroxyl groups is 1. The summed E-state index contributed by atoms with van der Waals surface area (Å²) >= 11 is 0. The number of hydrogen-bond acceptors (Lipinski definition) is 7. The van der Waals surface area contributed by atoms with E-state index in [1.165, 1.54) is 12.8 Å². The maximum absolute atomic E-state index is 13.6. The van der Waals surface area contributed by atoms with Crippen molar-refractivity contribution in [3.05, 3.63) is 42.0 Å². The van der Waals surface area contributed by atoms with E-state index >= 15 is 0 Å². The fourth-order valence-electron chi connectivity index (χ4n) is 5.62. The van der Waals surface area contributed by atoms with Gasteiger partial charge in [0.05, 0.1) is 26.8 Å². The highest BCUT2D eigenvalue weighted by Crippen LogP contribution is 2.54. The van der Waals surface area contributed by atoms with Crippen LogP contribution in [0, 0.1) is 5.41 Å². The molecule has 2 heterocycles. The number of piperidine rings is 1. The summed E-state index contributed by atoms with van der Waals surface area (Å²) in [5.74, 6) is 0.868. The number of amides is 1. The topological polar surface area (TPSA) is 112 Å². The first-order valence-electron chi connectivity index (χ1n) is 14.2. The van der Waals surface area contributed by atoms with Gasteiger partial charge in [-0.3, -0.25) is 4.79 Å². The number of nitrogens with zero attached hydrogens (tertiary/aromatic N) is 2. The SMILES string of the molecule is CC(C)(O)C(C)(C)Nc1ccc(C(=O)Nc2cccc(S(=O)(=O)C3CCCC3)c2)c(N2CCC3(CC2)CC3)n1. The maximum atomic E-state index is 13.6. The summed E-state index contributed by atoms with van der Waals surface area (Å²) in [5.41, 5.74) is -0.295. The van der Waals surface area contributed by atoms with Crippen LogP contribution < -0.4 is 15.5 Å². The van der Waals surface area contributed by atoms with Gasteiger partial charge >= 0.3 is 0 Å². The van der Waals surface area contributed by atoms with Crippen LogP contribution in [0.15, 0.2) is 41.3 Å². The van der Waals surface area contributed by atoms with Gasteiger partial charge in [-0.2, -0.15) is 0 Å². The summed E-state index contributed by atoms with van der Waals surface area (Å²) in [6.07, 6.45) is 7.99. The third-order valence-electron chi connectivity index (χ3n) is 9.33. The number of hydrogen-bond donors (Lipinski definition) is 3. The summed E-state index contributed by atoms with van der Waals surface area (Å²) in [4.78, 5) is 20.9. The Hall–Kier alpha value is -2.65. The van der Waals surface area contributed by atoms with E-state index in [1.54, 1.807) is 50.2 Å². The number of carbonyl (C=O) groups is 1. The summed E-state index contributed by atoms with van der Waals surface area (Å²) in [7, 11) is -3.43. The van der Waals surface area contributed by atoms with Crippen LogP contribution in [0.4, 0.5) is 17.3 Å². The lowest BCUT2D eigenvalue weighted by atomic mass is 9.86. The zero-order chi connectivity index (χ0) is 28.1. The Morgan fingerprint density at radius 3 is 2.31 bits per heavy atom. The van der Waals surface area contributed by atoms with Gasteiger partial charge in [0.25, 0.3) is 5.91 Å². The number of benzene rings is 1. The number of nitrogens with one attached hydrogen (secondary N) is 2. The van der Waals surface area contributed by atoms with E-state index in [0.29, 0.717) is 41.1 Å². The Morgan fingerprint density at radius 1 is 1.03 bits per heavy atom. The van der Waals surface area contributed by atoms with Crippen molar-refractivity contribution in [1.82, 2.24) is 4.98 Å². The summed E-state index contributed by atoms with van der Waals surface area (Å²) < 4.78 is 26.3.